The van der Waals surface area contributed by atoms with E-state index in [2.05, 4.69) is 5.32 Å². The number of hydrogen-bond donors (Lipinski definition) is 1. The first-order valence-electron chi connectivity index (χ1n) is 10.3. The SMILES string of the molecule is Cc1cc(C(=O)CCC(=O)Nc2cccc(S(=O)(=O)N3CCCCCC3)c2)c(C)s1. The molecule has 0 aliphatic carbocycles. The van der Waals surface area contributed by atoms with Crippen LogP contribution in [0.3, 0.4) is 0 Å². The van der Waals surface area contributed by atoms with Crippen LogP contribution in [0.4, 0.5) is 5.69 Å². The van der Waals surface area contributed by atoms with Gasteiger partial charge in [0.1, 0.15) is 0 Å². The Hall–Kier alpha value is -2.03. The molecule has 1 aliphatic rings. The molecule has 1 aromatic carbocycles. The molecule has 6 nitrogen and oxygen atoms in total. The number of hydrogen-bond acceptors (Lipinski definition) is 5. The summed E-state index contributed by atoms with van der Waals surface area (Å²) in [6.45, 7) is 4.92. The monoisotopic (exact) mass is 448 g/mol. The summed E-state index contributed by atoms with van der Waals surface area (Å²) in [6.07, 6.45) is 4.00. The van der Waals surface area contributed by atoms with E-state index in [4.69, 9.17) is 0 Å². The first-order valence-corrected chi connectivity index (χ1v) is 12.5. The third kappa shape index (κ3) is 5.56. The van der Waals surface area contributed by atoms with E-state index in [1.54, 1.807) is 29.5 Å². The highest BCUT2D eigenvalue weighted by Gasteiger charge is 2.25. The van der Waals surface area contributed by atoms with Crippen molar-refractivity contribution in [3.8, 4) is 0 Å². The van der Waals surface area contributed by atoms with Crippen LogP contribution in [0, 0.1) is 13.8 Å². The van der Waals surface area contributed by atoms with Gasteiger partial charge in [0, 0.05) is 46.9 Å². The molecule has 8 heteroatoms. The van der Waals surface area contributed by atoms with Crippen molar-refractivity contribution >= 4 is 38.7 Å². The van der Waals surface area contributed by atoms with Gasteiger partial charge in [-0.1, -0.05) is 18.9 Å². The van der Waals surface area contributed by atoms with Gasteiger partial charge >= 0.3 is 0 Å². The summed E-state index contributed by atoms with van der Waals surface area (Å²) in [5.41, 5.74) is 1.10. The van der Waals surface area contributed by atoms with Gasteiger partial charge < -0.3 is 5.32 Å². The van der Waals surface area contributed by atoms with E-state index in [0.29, 0.717) is 24.3 Å². The molecule has 1 fully saturated rings. The van der Waals surface area contributed by atoms with Crippen molar-refractivity contribution in [3.05, 3.63) is 45.6 Å². The summed E-state index contributed by atoms with van der Waals surface area (Å²) >= 11 is 1.57. The molecule has 1 saturated heterocycles. The van der Waals surface area contributed by atoms with E-state index in [1.165, 1.54) is 10.4 Å². The maximum absolute atomic E-state index is 13.0. The van der Waals surface area contributed by atoms with Crippen LogP contribution in [0.2, 0.25) is 0 Å². The Balaban J connectivity index is 1.62. The predicted octanol–water partition coefficient (Wildman–Crippen LogP) is 4.53. The molecule has 2 aromatic rings. The van der Waals surface area contributed by atoms with Gasteiger partial charge in [0.15, 0.2) is 5.78 Å². The first kappa shape index (κ1) is 22.7. The summed E-state index contributed by atoms with van der Waals surface area (Å²) in [7, 11) is -3.58. The zero-order chi connectivity index (χ0) is 21.7. The van der Waals surface area contributed by atoms with Crippen LogP contribution in [0.5, 0.6) is 0 Å². The number of benzene rings is 1. The average molecular weight is 449 g/mol. The minimum absolute atomic E-state index is 0.0514. The minimum atomic E-state index is -3.58. The van der Waals surface area contributed by atoms with Crippen LogP contribution in [0.15, 0.2) is 35.2 Å². The smallest absolute Gasteiger partial charge is 0.243 e. The largest absolute Gasteiger partial charge is 0.326 e. The van der Waals surface area contributed by atoms with Crippen LogP contribution in [0.1, 0.15) is 58.6 Å². The number of amides is 1. The summed E-state index contributed by atoms with van der Waals surface area (Å²) in [5, 5.41) is 2.72. The second kappa shape index (κ2) is 9.85. The van der Waals surface area contributed by atoms with Crippen LogP contribution >= 0.6 is 11.3 Å². The quantitative estimate of drug-likeness (QED) is 0.631. The number of carbonyl (C=O) groups excluding carboxylic acids is 2. The molecular weight excluding hydrogens is 420 g/mol. The Kier molecular flexibility index (Phi) is 7.44. The molecule has 3 rings (SSSR count). The first-order chi connectivity index (χ1) is 14.3. The van der Waals surface area contributed by atoms with Gasteiger partial charge in [-0.3, -0.25) is 9.59 Å². The Morgan fingerprint density at radius 1 is 1.03 bits per heavy atom. The number of rotatable bonds is 7. The summed E-state index contributed by atoms with van der Waals surface area (Å²) in [5.74, 6) is -0.359. The molecule has 0 saturated carbocycles. The molecule has 0 bridgehead atoms. The highest BCUT2D eigenvalue weighted by atomic mass is 32.2. The van der Waals surface area contributed by atoms with Crippen molar-refractivity contribution in [1.29, 1.82) is 0 Å². The van der Waals surface area contributed by atoms with E-state index in [1.807, 2.05) is 19.9 Å². The second-order valence-electron chi connectivity index (χ2n) is 7.64. The fourth-order valence-electron chi connectivity index (χ4n) is 3.66. The van der Waals surface area contributed by atoms with E-state index in [-0.39, 0.29) is 29.4 Å². The highest BCUT2D eigenvalue weighted by molar-refractivity contribution is 7.89. The van der Waals surface area contributed by atoms with Crippen LogP contribution in [-0.4, -0.2) is 37.5 Å². The molecule has 1 amide bonds. The lowest BCUT2D eigenvalue weighted by atomic mass is 10.1. The molecule has 0 atom stereocenters. The third-order valence-corrected chi connectivity index (χ3v) is 8.10. The Labute approximate surface area is 182 Å². The number of ketones is 1. The van der Waals surface area contributed by atoms with Crippen molar-refractivity contribution in [2.24, 2.45) is 0 Å². The third-order valence-electron chi connectivity index (χ3n) is 5.24. The summed E-state index contributed by atoms with van der Waals surface area (Å²) in [6, 6.07) is 8.20. The predicted molar refractivity (Wildman–Crippen MR) is 120 cm³/mol. The Morgan fingerprint density at radius 3 is 2.37 bits per heavy atom. The molecule has 30 heavy (non-hydrogen) atoms. The number of thiophene rings is 1. The lowest BCUT2D eigenvalue weighted by Gasteiger charge is -2.20. The fourth-order valence-corrected chi connectivity index (χ4v) is 6.16. The van der Waals surface area contributed by atoms with Crippen molar-refractivity contribution in [2.75, 3.05) is 18.4 Å². The molecule has 2 heterocycles. The zero-order valence-corrected chi connectivity index (χ0v) is 19.1. The van der Waals surface area contributed by atoms with E-state index in [9.17, 15) is 18.0 Å². The van der Waals surface area contributed by atoms with Crippen LogP contribution in [-0.2, 0) is 14.8 Å². The molecule has 162 valence electrons. The number of sulfonamides is 1. The van der Waals surface area contributed by atoms with Gasteiger partial charge in [-0.2, -0.15) is 4.31 Å². The molecule has 1 aliphatic heterocycles. The molecular formula is C22H28N2O4S2. The van der Waals surface area contributed by atoms with E-state index < -0.39 is 10.0 Å². The van der Waals surface area contributed by atoms with Gasteiger partial charge in [-0.05, 0) is 51.0 Å². The maximum atomic E-state index is 13.0. The van der Waals surface area contributed by atoms with Gasteiger partial charge in [0.25, 0.3) is 0 Å². The molecule has 0 radical (unpaired) electrons. The van der Waals surface area contributed by atoms with Gasteiger partial charge in [-0.25, -0.2) is 8.42 Å². The van der Waals surface area contributed by atoms with Crippen molar-refractivity contribution in [2.45, 2.75) is 57.3 Å². The Bertz CT molecular complexity index is 1020. The van der Waals surface area contributed by atoms with Crippen LogP contribution in [0.25, 0.3) is 0 Å². The average Bonchev–Trinajstić information content (AvgIpc) is 2.89. The van der Waals surface area contributed by atoms with Crippen molar-refractivity contribution in [1.82, 2.24) is 4.31 Å². The summed E-state index contributed by atoms with van der Waals surface area (Å²) < 4.78 is 27.4. The second-order valence-corrected chi connectivity index (χ2v) is 11.0. The molecule has 1 aromatic heterocycles. The molecule has 0 spiro atoms. The lowest BCUT2D eigenvalue weighted by Crippen LogP contribution is -2.32. The van der Waals surface area contributed by atoms with Gasteiger partial charge in [-0.15, -0.1) is 11.3 Å². The zero-order valence-electron chi connectivity index (χ0n) is 17.4. The molecule has 0 unspecified atom stereocenters. The topological polar surface area (TPSA) is 83.5 Å². The van der Waals surface area contributed by atoms with Crippen molar-refractivity contribution in [3.63, 3.8) is 0 Å². The molecule has 1 N–H and O–H groups in total. The number of Topliss-reactive ketones (excluding diaryl/α,β-unsaturated/α-hetero) is 1. The fraction of sp³-hybridized carbons (Fsp3) is 0.455. The minimum Gasteiger partial charge on any atom is -0.326 e. The normalized spacial score (nSPS) is 15.5. The lowest BCUT2D eigenvalue weighted by molar-refractivity contribution is -0.116. The maximum Gasteiger partial charge on any atom is 0.243 e. The number of carbonyl (C=O) groups is 2. The van der Waals surface area contributed by atoms with Gasteiger partial charge in [0.2, 0.25) is 15.9 Å². The van der Waals surface area contributed by atoms with E-state index in [0.717, 1.165) is 35.4 Å². The highest BCUT2D eigenvalue weighted by Crippen LogP contribution is 2.24. The van der Waals surface area contributed by atoms with Crippen LogP contribution < -0.4 is 5.32 Å². The standard InChI is InChI=1S/C22H28N2O4S2/c1-16-14-20(17(2)29-16)21(25)10-11-22(26)23-18-8-7-9-19(15-18)30(27,28)24-12-5-3-4-6-13-24/h7-9,14-15H,3-6,10-13H2,1-2H3,(H,23,26). The van der Waals surface area contributed by atoms with Crippen molar-refractivity contribution < 1.29 is 18.0 Å². The number of nitrogens with zero attached hydrogens (tertiary/aromatic N) is 1. The number of anilines is 1. The summed E-state index contributed by atoms with van der Waals surface area (Å²) in [4.78, 5) is 26.9. The number of aryl methyl sites for hydroxylation is 2. The van der Waals surface area contributed by atoms with Gasteiger partial charge in [0.05, 0.1) is 4.90 Å². The number of nitrogens with one attached hydrogen (secondary N) is 1. The van der Waals surface area contributed by atoms with E-state index >= 15 is 0 Å². The Morgan fingerprint density at radius 2 is 1.73 bits per heavy atom.